The van der Waals surface area contributed by atoms with Gasteiger partial charge in [-0.05, 0) is 65.2 Å². The third-order valence-electron chi connectivity index (χ3n) is 5.30. The lowest BCUT2D eigenvalue weighted by atomic mass is 10.1. The van der Waals surface area contributed by atoms with Gasteiger partial charge in [0.1, 0.15) is 18.2 Å². The van der Waals surface area contributed by atoms with Gasteiger partial charge in [-0.3, -0.25) is 4.79 Å². The zero-order chi connectivity index (χ0) is 25.5. The van der Waals surface area contributed by atoms with Gasteiger partial charge in [0.15, 0.2) is 11.5 Å². The number of nitrogens with one attached hydrogen (secondary N) is 1. The molecule has 0 bridgehead atoms. The number of carbonyl (C=O) groups is 1. The predicted octanol–water partition coefficient (Wildman–Crippen LogP) is 6.38. The highest BCUT2D eigenvalue weighted by atomic mass is 35.5. The quantitative estimate of drug-likeness (QED) is 0.211. The van der Waals surface area contributed by atoms with Gasteiger partial charge in [-0.1, -0.05) is 48.0 Å². The van der Waals surface area contributed by atoms with Crippen molar-refractivity contribution in [2.75, 3.05) is 13.7 Å². The summed E-state index contributed by atoms with van der Waals surface area (Å²) < 4.78 is 30.4. The van der Waals surface area contributed by atoms with Gasteiger partial charge in [-0.2, -0.15) is 5.10 Å². The van der Waals surface area contributed by atoms with E-state index in [-0.39, 0.29) is 12.4 Å². The van der Waals surface area contributed by atoms with Crippen molar-refractivity contribution in [3.63, 3.8) is 0 Å². The van der Waals surface area contributed by atoms with Crippen molar-refractivity contribution < 1.29 is 23.4 Å². The van der Waals surface area contributed by atoms with Crippen LogP contribution in [-0.4, -0.2) is 25.8 Å². The first-order valence-corrected chi connectivity index (χ1v) is 11.6. The maximum Gasteiger partial charge on any atom is 0.275 e. The van der Waals surface area contributed by atoms with Crippen molar-refractivity contribution in [3.05, 3.63) is 100 Å². The van der Waals surface area contributed by atoms with Gasteiger partial charge in [0.25, 0.3) is 5.91 Å². The van der Waals surface area contributed by atoms with Crippen molar-refractivity contribution in [1.82, 2.24) is 5.43 Å². The molecule has 8 heteroatoms. The lowest BCUT2D eigenvalue weighted by Gasteiger charge is -2.14. The van der Waals surface area contributed by atoms with Crippen LogP contribution in [0.4, 0.5) is 4.39 Å². The van der Waals surface area contributed by atoms with Crippen molar-refractivity contribution in [1.29, 1.82) is 0 Å². The van der Waals surface area contributed by atoms with E-state index in [4.69, 9.17) is 25.8 Å². The summed E-state index contributed by atoms with van der Waals surface area (Å²) in [6, 6.07) is 20.7. The Kier molecular flexibility index (Phi) is 8.02. The second-order valence-corrected chi connectivity index (χ2v) is 8.19. The second kappa shape index (κ2) is 11.6. The molecule has 4 rings (SSSR count). The number of rotatable bonds is 9. The number of halogens is 2. The molecule has 0 aliphatic rings. The Morgan fingerprint density at radius 2 is 1.78 bits per heavy atom. The highest BCUT2D eigenvalue weighted by Gasteiger charge is 2.15. The summed E-state index contributed by atoms with van der Waals surface area (Å²) in [6.07, 6.45) is 1.45. The van der Waals surface area contributed by atoms with Crippen LogP contribution in [0, 0.1) is 5.82 Å². The number of hydrogen-bond donors (Lipinski definition) is 1. The maximum absolute atomic E-state index is 13.5. The average molecular weight is 507 g/mol. The Hall–Kier alpha value is -4.10. The Morgan fingerprint density at radius 1 is 1.00 bits per heavy atom. The molecule has 0 fully saturated rings. The van der Waals surface area contributed by atoms with Crippen molar-refractivity contribution in [2.45, 2.75) is 13.5 Å². The van der Waals surface area contributed by atoms with Crippen LogP contribution in [-0.2, 0) is 6.61 Å². The zero-order valence-electron chi connectivity index (χ0n) is 19.8. The molecule has 0 spiro atoms. The molecule has 4 aromatic rings. The number of hydrazone groups is 1. The van der Waals surface area contributed by atoms with Gasteiger partial charge in [0, 0.05) is 0 Å². The molecule has 1 amide bonds. The molecule has 0 aliphatic heterocycles. The normalized spacial score (nSPS) is 11.0. The molecule has 184 valence electrons. The van der Waals surface area contributed by atoms with Crippen LogP contribution in [0.2, 0.25) is 5.02 Å². The van der Waals surface area contributed by atoms with Crippen LogP contribution in [0.1, 0.15) is 28.4 Å². The number of nitrogens with zero attached hydrogens (tertiary/aromatic N) is 1. The van der Waals surface area contributed by atoms with E-state index in [1.165, 1.54) is 25.5 Å². The minimum atomic E-state index is -0.417. The minimum absolute atomic E-state index is 0.120. The summed E-state index contributed by atoms with van der Waals surface area (Å²) in [5.74, 6) is 0.431. The summed E-state index contributed by atoms with van der Waals surface area (Å²) in [5, 5.41) is 6.24. The van der Waals surface area contributed by atoms with E-state index in [0.29, 0.717) is 45.6 Å². The van der Waals surface area contributed by atoms with Crippen LogP contribution < -0.4 is 19.6 Å². The number of carbonyl (C=O) groups excluding carboxylic acids is 1. The molecule has 36 heavy (non-hydrogen) atoms. The van der Waals surface area contributed by atoms with Gasteiger partial charge in [0.05, 0.1) is 30.5 Å². The number of fused-ring (bicyclic) bond motifs is 1. The Morgan fingerprint density at radius 3 is 2.50 bits per heavy atom. The second-order valence-electron chi connectivity index (χ2n) is 7.78. The number of methoxy groups -OCH3 is 1. The highest BCUT2D eigenvalue weighted by molar-refractivity contribution is 6.32. The van der Waals surface area contributed by atoms with Gasteiger partial charge in [-0.15, -0.1) is 0 Å². The minimum Gasteiger partial charge on any atom is -0.496 e. The molecule has 1 N–H and O–H groups in total. The van der Waals surface area contributed by atoms with Crippen LogP contribution >= 0.6 is 11.6 Å². The lowest BCUT2D eigenvalue weighted by molar-refractivity contribution is 0.0952. The first-order chi connectivity index (χ1) is 17.5. The monoisotopic (exact) mass is 506 g/mol. The van der Waals surface area contributed by atoms with Gasteiger partial charge in [0.2, 0.25) is 0 Å². The number of amides is 1. The molecular formula is C28H24ClFN2O4. The fourth-order valence-corrected chi connectivity index (χ4v) is 3.91. The number of ether oxygens (including phenoxy) is 3. The molecule has 0 radical (unpaired) electrons. The topological polar surface area (TPSA) is 69.2 Å². The van der Waals surface area contributed by atoms with E-state index >= 15 is 0 Å². The Balaban J connectivity index is 1.50. The summed E-state index contributed by atoms with van der Waals surface area (Å²) >= 11 is 6.46. The molecule has 0 heterocycles. The molecule has 4 aromatic carbocycles. The van der Waals surface area contributed by atoms with E-state index in [9.17, 15) is 9.18 Å². The molecule has 0 aromatic heterocycles. The van der Waals surface area contributed by atoms with E-state index in [1.54, 1.807) is 30.3 Å². The predicted molar refractivity (Wildman–Crippen MR) is 139 cm³/mol. The largest absolute Gasteiger partial charge is 0.496 e. The molecule has 0 aliphatic carbocycles. The van der Waals surface area contributed by atoms with E-state index < -0.39 is 5.91 Å². The third-order valence-corrected chi connectivity index (χ3v) is 5.58. The molecule has 6 nitrogen and oxygen atoms in total. The summed E-state index contributed by atoms with van der Waals surface area (Å²) in [4.78, 5) is 12.8. The zero-order valence-corrected chi connectivity index (χ0v) is 20.5. The van der Waals surface area contributed by atoms with Crippen molar-refractivity contribution in [3.8, 4) is 17.2 Å². The van der Waals surface area contributed by atoms with Crippen LogP contribution in [0.5, 0.6) is 17.2 Å². The van der Waals surface area contributed by atoms with Gasteiger partial charge >= 0.3 is 0 Å². The van der Waals surface area contributed by atoms with E-state index in [2.05, 4.69) is 10.5 Å². The SMILES string of the molecule is CCOc1cc(/C=N\NC(=O)c2cc3ccccc3cc2OC)cc(Cl)c1OCc1cccc(F)c1. The van der Waals surface area contributed by atoms with E-state index in [0.717, 1.165) is 10.8 Å². The number of benzene rings is 4. The van der Waals surface area contributed by atoms with Crippen LogP contribution in [0.3, 0.4) is 0 Å². The maximum atomic E-state index is 13.5. The van der Waals surface area contributed by atoms with Gasteiger partial charge in [-0.25, -0.2) is 9.82 Å². The fraction of sp³-hybridized carbons (Fsp3) is 0.143. The first kappa shape index (κ1) is 25.0. The number of hydrogen-bond acceptors (Lipinski definition) is 5. The fourth-order valence-electron chi connectivity index (χ4n) is 3.64. The Labute approximate surface area is 213 Å². The Bertz CT molecular complexity index is 1420. The van der Waals surface area contributed by atoms with Crippen molar-refractivity contribution >= 4 is 34.5 Å². The molecule has 0 atom stereocenters. The van der Waals surface area contributed by atoms with Crippen molar-refractivity contribution in [2.24, 2.45) is 5.10 Å². The molecule has 0 saturated carbocycles. The molecular weight excluding hydrogens is 483 g/mol. The summed E-state index contributed by atoms with van der Waals surface area (Å²) in [5.41, 5.74) is 4.14. The smallest absolute Gasteiger partial charge is 0.275 e. The summed E-state index contributed by atoms with van der Waals surface area (Å²) in [6.45, 7) is 2.34. The third kappa shape index (κ3) is 5.93. The lowest BCUT2D eigenvalue weighted by Crippen LogP contribution is -2.18. The standard InChI is InChI=1S/C28H24ClFN2O4/c1-3-35-26-13-19(12-24(29)27(26)36-17-18-7-6-10-22(30)11-18)16-31-32-28(33)23-14-20-8-4-5-9-21(20)15-25(23)34-2/h4-16H,3,17H2,1-2H3,(H,32,33)/b31-16-. The average Bonchev–Trinajstić information content (AvgIpc) is 2.87. The summed E-state index contributed by atoms with van der Waals surface area (Å²) in [7, 11) is 1.51. The molecule has 0 saturated heterocycles. The van der Waals surface area contributed by atoms with E-state index in [1.807, 2.05) is 37.3 Å². The van der Waals surface area contributed by atoms with Crippen LogP contribution in [0.25, 0.3) is 10.8 Å². The molecule has 0 unspecified atom stereocenters. The highest BCUT2D eigenvalue weighted by Crippen LogP contribution is 2.37. The van der Waals surface area contributed by atoms with Crippen LogP contribution in [0.15, 0.2) is 77.9 Å². The first-order valence-electron chi connectivity index (χ1n) is 11.2. The van der Waals surface area contributed by atoms with Gasteiger partial charge < -0.3 is 14.2 Å².